The first-order valence-electron chi connectivity index (χ1n) is 6.59. The first-order chi connectivity index (χ1) is 10.1. The summed E-state index contributed by atoms with van der Waals surface area (Å²) in [6, 6.07) is 6.56. The third kappa shape index (κ3) is 2.91. The van der Waals surface area contributed by atoms with Crippen LogP contribution in [-0.2, 0) is 6.42 Å². The maximum Gasteiger partial charge on any atom is 0.224 e. The maximum atomic E-state index is 12.9. The van der Waals surface area contributed by atoms with Crippen LogP contribution in [0.4, 0.5) is 16.2 Å². The first kappa shape index (κ1) is 13.3. The molecule has 3 rings (SSSR count). The van der Waals surface area contributed by atoms with Gasteiger partial charge in [0.2, 0.25) is 5.95 Å². The Balaban J connectivity index is 1.78. The number of halogens is 1. The Morgan fingerprint density at radius 1 is 1.29 bits per heavy atom. The minimum absolute atomic E-state index is 0.0999. The van der Waals surface area contributed by atoms with Gasteiger partial charge < -0.3 is 11.1 Å². The van der Waals surface area contributed by atoms with Crippen molar-refractivity contribution < 1.29 is 4.39 Å². The van der Waals surface area contributed by atoms with Crippen molar-refractivity contribution in [3.05, 3.63) is 41.8 Å². The van der Waals surface area contributed by atoms with Crippen LogP contribution in [0, 0.1) is 5.82 Å². The van der Waals surface area contributed by atoms with E-state index < -0.39 is 0 Å². The molecule has 6 nitrogen and oxygen atoms in total. The SMILES string of the molecule is CC(Cc1ccc(F)cc1)Nc1nc(N)nc2[nH]ncc12. The van der Waals surface area contributed by atoms with Crippen molar-refractivity contribution in [2.45, 2.75) is 19.4 Å². The number of aromatic amines is 1. The fraction of sp³-hybridized carbons (Fsp3) is 0.214. The molecular formula is C14H15FN6. The highest BCUT2D eigenvalue weighted by molar-refractivity contribution is 5.86. The van der Waals surface area contributed by atoms with Crippen molar-refractivity contribution in [3.8, 4) is 0 Å². The Labute approximate surface area is 120 Å². The monoisotopic (exact) mass is 286 g/mol. The lowest BCUT2D eigenvalue weighted by Crippen LogP contribution is -2.19. The Morgan fingerprint density at radius 2 is 2.05 bits per heavy atom. The quantitative estimate of drug-likeness (QED) is 0.683. The number of fused-ring (bicyclic) bond motifs is 1. The molecule has 0 spiro atoms. The van der Waals surface area contributed by atoms with Gasteiger partial charge in [-0.15, -0.1) is 0 Å². The Bertz CT molecular complexity index is 752. The number of nitrogen functional groups attached to an aromatic ring is 1. The number of hydrogen-bond acceptors (Lipinski definition) is 5. The van der Waals surface area contributed by atoms with E-state index >= 15 is 0 Å². The van der Waals surface area contributed by atoms with E-state index in [0.717, 1.165) is 17.4 Å². The zero-order chi connectivity index (χ0) is 14.8. The molecule has 2 heterocycles. The van der Waals surface area contributed by atoms with Gasteiger partial charge in [0.25, 0.3) is 0 Å². The van der Waals surface area contributed by atoms with Crippen molar-refractivity contribution in [1.82, 2.24) is 20.2 Å². The summed E-state index contributed by atoms with van der Waals surface area (Å²) in [5.74, 6) is 0.590. The first-order valence-corrected chi connectivity index (χ1v) is 6.59. The summed E-state index contributed by atoms with van der Waals surface area (Å²) in [6.45, 7) is 2.02. The van der Waals surface area contributed by atoms with Crippen LogP contribution >= 0.6 is 0 Å². The van der Waals surface area contributed by atoms with E-state index in [2.05, 4.69) is 25.5 Å². The highest BCUT2D eigenvalue weighted by atomic mass is 19.1. The smallest absolute Gasteiger partial charge is 0.224 e. The molecule has 0 saturated heterocycles. The van der Waals surface area contributed by atoms with E-state index in [1.54, 1.807) is 18.3 Å². The minimum Gasteiger partial charge on any atom is -0.368 e. The number of benzene rings is 1. The summed E-state index contributed by atoms with van der Waals surface area (Å²) in [5.41, 5.74) is 7.32. The van der Waals surface area contributed by atoms with Crippen LogP contribution in [0.5, 0.6) is 0 Å². The van der Waals surface area contributed by atoms with Crippen LogP contribution < -0.4 is 11.1 Å². The van der Waals surface area contributed by atoms with Gasteiger partial charge in [-0.05, 0) is 31.0 Å². The molecule has 0 radical (unpaired) electrons. The van der Waals surface area contributed by atoms with Crippen molar-refractivity contribution in [1.29, 1.82) is 0 Å². The summed E-state index contributed by atoms with van der Waals surface area (Å²) >= 11 is 0. The molecular weight excluding hydrogens is 271 g/mol. The van der Waals surface area contributed by atoms with Gasteiger partial charge in [0.15, 0.2) is 5.65 Å². The van der Waals surface area contributed by atoms with E-state index in [9.17, 15) is 4.39 Å². The zero-order valence-electron chi connectivity index (χ0n) is 11.5. The summed E-state index contributed by atoms with van der Waals surface area (Å²) in [5, 5.41) is 10.8. The molecule has 0 amide bonds. The third-order valence-electron chi connectivity index (χ3n) is 3.17. The lowest BCUT2D eigenvalue weighted by atomic mass is 10.1. The van der Waals surface area contributed by atoms with Crippen molar-refractivity contribution >= 4 is 22.8 Å². The highest BCUT2D eigenvalue weighted by Gasteiger charge is 2.11. The highest BCUT2D eigenvalue weighted by Crippen LogP contribution is 2.20. The fourth-order valence-electron chi connectivity index (χ4n) is 2.22. The van der Waals surface area contributed by atoms with E-state index in [0.29, 0.717) is 11.5 Å². The van der Waals surface area contributed by atoms with E-state index in [4.69, 9.17) is 5.73 Å². The molecule has 108 valence electrons. The number of rotatable bonds is 4. The van der Waals surface area contributed by atoms with Gasteiger partial charge in [-0.1, -0.05) is 12.1 Å². The molecule has 21 heavy (non-hydrogen) atoms. The number of nitrogens with one attached hydrogen (secondary N) is 2. The molecule has 1 aromatic carbocycles. The molecule has 0 bridgehead atoms. The Morgan fingerprint density at radius 3 is 2.81 bits per heavy atom. The van der Waals surface area contributed by atoms with Crippen LogP contribution in [-0.4, -0.2) is 26.2 Å². The van der Waals surface area contributed by atoms with Crippen LogP contribution in [0.2, 0.25) is 0 Å². The Kier molecular flexibility index (Phi) is 3.39. The molecule has 0 fully saturated rings. The van der Waals surface area contributed by atoms with Crippen LogP contribution in [0.1, 0.15) is 12.5 Å². The predicted octanol–water partition coefficient (Wildman–Crippen LogP) is 2.12. The largest absolute Gasteiger partial charge is 0.368 e. The van der Waals surface area contributed by atoms with Crippen molar-refractivity contribution in [2.24, 2.45) is 0 Å². The van der Waals surface area contributed by atoms with Crippen LogP contribution in [0.3, 0.4) is 0 Å². The summed E-state index contributed by atoms with van der Waals surface area (Å²) in [4.78, 5) is 8.27. The molecule has 4 N–H and O–H groups in total. The topological polar surface area (TPSA) is 92.5 Å². The molecule has 7 heteroatoms. The third-order valence-corrected chi connectivity index (χ3v) is 3.17. The van der Waals surface area contributed by atoms with Gasteiger partial charge in [-0.3, -0.25) is 5.10 Å². The van der Waals surface area contributed by atoms with E-state index in [1.165, 1.54) is 12.1 Å². The fourth-order valence-corrected chi connectivity index (χ4v) is 2.22. The van der Waals surface area contributed by atoms with Crippen molar-refractivity contribution in [3.63, 3.8) is 0 Å². The van der Waals surface area contributed by atoms with Gasteiger partial charge in [0.05, 0.1) is 11.6 Å². The molecule has 2 aromatic heterocycles. The molecule has 1 atom stereocenters. The number of H-pyrrole nitrogens is 1. The average Bonchev–Trinajstić information content (AvgIpc) is 2.89. The lowest BCUT2D eigenvalue weighted by Gasteiger charge is -2.15. The summed E-state index contributed by atoms with van der Waals surface area (Å²) < 4.78 is 12.9. The van der Waals surface area contributed by atoms with Gasteiger partial charge in [-0.2, -0.15) is 15.1 Å². The maximum absolute atomic E-state index is 12.9. The number of aromatic nitrogens is 4. The lowest BCUT2D eigenvalue weighted by molar-refractivity contribution is 0.626. The second-order valence-corrected chi connectivity index (χ2v) is 4.94. The van der Waals surface area contributed by atoms with E-state index in [1.807, 2.05) is 6.92 Å². The van der Waals surface area contributed by atoms with Gasteiger partial charge >= 0.3 is 0 Å². The van der Waals surface area contributed by atoms with Crippen LogP contribution in [0.25, 0.3) is 11.0 Å². The Hall–Kier alpha value is -2.70. The zero-order valence-corrected chi connectivity index (χ0v) is 11.5. The number of anilines is 2. The number of hydrogen-bond donors (Lipinski definition) is 3. The second-order valence-electron chi connectivity index (χ2n) is 4.94. The standard InChI is InChI=1S/C14H15FN6/c1-8(6-9-2-4-10(15)5-3-9)18-12-11-7-17-21-13(11)20-14(16)19-12/h2-5,7-8H,6H2,1H3,(H4,16,17,18,19,20,21). The van der Waals surface area contributed by atoms with E-state index in [-0.39, 0.29) is 17.8 Å². The average molecular weight is 286 g/mol. The summed E-state index contributed by atoms with van der Waals surface area (Å²) in [7, 11) is 0. The van der Waals surface area contributed by atoms with Gasteiger partial charge in [0, 0.05) is 6.04 Å². The molecule has 0 aliphatic rings. The molecule has 0 aliphatic heterocycles. The van der Waals surface area contributed by atoms with Gasteiger partial charge in [0.1, 0.15) is 11.6 Å². The number of nitrogens with zero attached hydrogens (tertiary/aromatic N) is 3. The normalized spacial score (nSPS) is 12.5. The molecule has 1 unspecified atom stereocenters. The molecule has 0 aliphatic carbocycles. The van der Waals surface area contributed by atoms with Crippen LogP contribution in [0.15, 0.2) is 30.5 Å². The van der Waals surface area contributed by atoms with Gasteiger partial charge in [-0.25, -0.2) is 4.39 Å². The second kappa shape index (κ2) is 5.35. The molecule has 0 saturated carbocycles. The predicted molar refractivity (Wildman–Crippen MR) is 79.3 cm³/mol. The van der Waals surface area contributed by atoms with Crippen molar-refractivity contribution in [2.75, 3.05) is 11.1 Å². The number of nitrogens with two attached hydrogens (primary N) is 1. The summed E-state index contributed by atoms with van der Waals surface area (Å²) in [6.07, 6.45) is 2.39. The minimum atomic E-state index is -0.233. The molecule has 3 aromatic rings.